The van der Waals surface area contributed by atoms with Gasteiger partial charge in [0.1, 0.15) is 18.1 Å². The maximum atomic E-state index is 12.0. The van der Waals surface area contributed by atoms with E-state index < -0.39 is 5.97 Å². The number of carbonyl (C=O) groups excluding carboxylic acids is 2. The van der Waals surface area contributed by atoms with E-state index in [1.54, 1.807) is 25.1 Å². The van der Waals surface area contributed by atoms with Crippen LogP contribution in [0.25, 0.3) is 6.08 Å². The van der Waals surface area contributed by atoms with Gasteiger partial charge in [-0.15, -0.1) is 0 Å². The number of aromatic nitrogens is 1. The summed E-state index contributed by atoms with van der Waals surface area (Å²) >= 11 is 1.07. The molecule has 8 heteroatoms. The second kappa shape index (κ2) is 7.35. The van der Waals surface area contributed by atoms with Gasteiger partial charge < -0.3 is 14.2 Å². The van der Waals surface area contributed by atoms with E-state index in [9.17, 15) is 9.59 Å². The zero-order valence-corrected chi connectivity index (χ0v) is 14.5. The highest BCUT2D eigenvalue weighted by Gasteiger charge is 2.16. The average Bonchev–Trinajstić information content (AvgIpc) is 2.99. The van der Waals surface area contributed by atoms with Gasteiger partial charge in [0.2, 0.25) is 5.91 Å². The SMILES string of the molecule is COC(=O)c1sc(NC(=O)/C=C/c2ccc3c(c2)OCCO3)nc1C. The highest BCUT2D eigenvalue weighted by molar-refractivity contribution is 7.17. The van der Waals surface area contributed by atoms with E-state index in [1.807, 2.05) is 6.07 Å². The first-order valence-electron chi connectivity index (χ1n) is 7.51. The number of ether oxygens (including phenoxy) is 3. The van der Waals surface area contributed by atoms with Crippen molar-refractivity contribution in [1.82, 2.24) is 4.98 Å². The highest BCUT2D eigenvalue weighted by Crippen LogP contribution is 2.31. The van der Waals surface area contributed by atoms with Gasteiger partial charge in [-0.1, -0.05) is 17.4 Å². The van der Waals surface area contributed by atoms with E-state index in [0.717, 1.165) is 16.9 Å². The van der Waals surface area contributed by atoms with Crippen LogP contribution in [0.1, 0.15) is 20.9 Å². The minimum absolute atomic E-state index is 0.342. The summed E-state index contributed by atoms with van der Waals surface area (Å²) in [5, 5.41) is 2.97. The second-order valence-corrected chi connectivity index (χ2v) is 6.15. The number of carbonyl (C=O) groups is 2. The number of methoxy groups -OCH3 is 1. The summed E-state index contributed by atoms with van der Waals surface area (Å²) < 4.78 is 15.6. The Bertz CT molecular complexity index is 844. The molecule has 0 spiro atoms. The molecule has 2 heterocycles. The van der Waals surface area contributed by atoms with Gasteiger partial charge >= 0.3 is 5.97 Å². The molecule has 2 aromatic rings. The van der Waals surface area contributed by atoms with Crippen LogP contribution in [0.15, 0.2) is 24.3 Å². The third-order valence-electron chi connectivity index (χ3n) is 3.39. The van der Waals surface area contributed by atoms with Crippen LogP contribution in [-0.2, 0) is 9.53 Å². The van der Waals surface area contributed by atoms with Gasteiger partial charge in [0.25, 0.3) is 0 Å². The minimum atomic E-state index is -0.470. The summed E-state index contributed by atoms with van der Waals surface area (Å²) in [6.45, 7) is 2.72. The molecule has 0 saturated heterocycles. The summed E-state index contributed by atoms with van der Waals surface area (Å²) in [5.41, 5.74) is 1.33. The van der Waals surface area contributed by atoms with E-state index in [4.69, 9.17) is 9.47 Å². The molecule has 1 amide bonds. The molecule has 0 aliphatic carbocycles. The quantitative estimate of drug-likeness (QED) is 0.666. The number of nitrogens with one attached hydrogen (secondary N) is 1. The molecule has 7 nitrogen and oxygen atoms in total. The lowest BCUT2D eigenvalue weighted by Gasteiger charge is -2.18. The number of thiazole rings is 1. The topological polar surface area (TPSA) is 86.8 Å². The first-order valence-corrected chi connectivity index (χ1v) is 8.33. The van der Waals surface area contributed by atoms with Crippen LogP contribution in [0.2, 0.25) is 0 Å². The van der Waals surface area contributed by atoms with Crippen molar-refractivity contribution in [3.05, 3.63) is 40.4 Å². The molecule has 0 atom stereocenters. The van der Waals surface area contributed by atoms with Gasteiger partial charge in [-0.05, 0) is 30.7 Å². The maximum Gasteiger partial charge on any atom is 0.350 e. The number of aryl methyl sites for hydroxylation is 1. The zero-order chi connectivity index (χ0) is 17.8. The molecule has 0 radical (unpaired) electrons. The third kappa shape index (κ3) is 3.97. The van der Waals surface area contributed by atoms with Crippen LogP contribution >= 0.6 is 11.3 Å². The van der Waals surface area contributed by atoms with Crippen molar-refractivity contribution in [1.29, 1.82) is 0 Å². The van der Waals surface area contributed by atoms with Crippen molar-refractivity contribution >= 4 is 34.4 Å². The molecular formula is C17H16N2O5S. The molecule has 1 aliphatic rings. The van der Waals surface area contributed by atoms with Crippen molar-refractivity contribution in [3.8, 4) is 11.5 Å². The van der Waals surface area contributed by atoms with Gasteiger partial charge in [0.05, 0.1) is 12.8 Å². The Kier molecular flexibility index (Phi) is 4.99. The Morgan fingerprint density at radius 1 is 1.28 bits per heavy atom. The molecule has 0 fully saturated rings. The molecule has 0 bridgehead atoms. The van der Waals surface area contributed by atoms with Crippen LogP contribution in [0.4, 0.5) is 5.13 Å². The predicted molar refractivity (Wildman–Crippen MR) is 93.3 cm³/mol. The lowest BCUT2D eigenvalue weighted by Crippen LogP contribution is -2.15. The van der Waals surface area contributed by atoms with Crippen molar-refractivity contribution in [2.75, 3.05) is 25.6 Å². The van der Waals surface area contributed by atoms with E-state index in [-0.39, 0.29) is 5.91 Å². The number of esters is 1. The highest BCUT2D eigenvalue weighted by atomic mass is 32.1. The van der Waals surface area contributed by atoms with Crippen molar-refractivity contribution in [3.63, 3.8) is 0 Å². The summed E-state index contributed by atoms with van der Waals surface area (Å²) in [6.07, 6.45) is 3.05. The van der Waals surface area contributed by atoms with Crippen LogP contribution in [0, 0.1) is 6.92 Å². The summed E-state index contributed by atoms with van der Waals surface area (Å²) in [5.74, 6) is 0.538. The van der Waals surface area contributed by atoms with Crippen LogP contribution in [-0.4, -0.2) is 37.2 Å². The van der Waals surface area contributed by atoms with E-state index >= 15 is 0 Å². The lowest BCUT2D eigenvalue weighted by molar-refractivity contribution is -0.111. The molecule has 130 valence electrons. The standard InChI is InChI=1S/C17H16N2O5S/c1-10-15(16(21)22-2)25-17(18-10)19-14(20)6-4-11-3-5-12-13(9-11)24-8-7-23-12/h3-6,9H,7-8H2,1-2H3,(H,18,19,20)/b6-4+. The van der Waals surface area contributed by atoms with E-state index in [2.05, 4.69) is 15.0 Å². The number of rotatable bonds is 4. The Balaban J connectivity index is 1.66. The number of fused-ring (bicyclic) bond motifs is 1. The summed E-state index contributed by atoms with van der Waals surface area (Å²) in [4.78, 5) is 28.1. The molecule has 1 N–H and O–H groups in total. The van der Waals surface area contributed by atoms with Crippen molar-refractivity contribution < 1.29 is 23.8 Å². The fourth-order valence-electron chi connectivity index (χ4n) is 2.21. The number of nitrogens with zero attached hydrogens (tertiary/aromatic N) is 1. The number of amides is 1. The van der Waals surface area contributed by atoms with Gasteiger partial charge in [-0.25, -0.2) is 9.78 Å². The monoisotopic (exact) mass is 360 g/mol. The fourth-order valence-corrected chi connectivity index (χ4v) is 3.10. The Morgan fingerprint density at radius 2 is 2.04 bits per heavy atom. The Morgan fingerprint density at radius 3 is 2.80 bits per heavy atom. The number of benzene rings is 1. The van der Waals surface area contributed by atoms with Crippen LogP contribution in [0.3, 0.4) is 0 Å². The molecule has 1 aromatic heterocycles. The predicted octanol–water partition coefficient (Wildman–Crippen LogP) is 2.66. The molecule has 3 rings (SSSR count). The van der Waals surface area contributed by atoms with E-state index in [1.165, 1.54) is 13.2 Å². The fraction of sp³-hybridized carbons (Fsp3) is 0.235. The summed E-state index contributed by atoms with van der Waals surface area (Å²) in [6, 6.07) is 5.44. The largest absolute Gasteiger partial charge is 0.486 e. The first kappa shape index (κ1) is 17.0. The van der Waals surface area contributed by atoms with Crippen molar-refractivity contribution in [2.45, 2.75) is 6.92 Å². The number of hydrogen-bond acceptors (Lipinski definition) is 7. The smallest absolute Gasteiger partial charge is 0.350 e. The third-order valence-corrected chi connectivity index (χ3v) is 4.44. The van der Waals surface area contributed by atoms with Crippen molar-refractivity contribution in [2.24, 2.45) is 0 Å². The minimum Gasteiger partial charge on any atom is -0.486 e. The molecule has 1 aromatic carbocycles. The van der Waals surface area contributed by atoms with Gasteiger partial charge in [-0.3, -0.25) is 10.1 Å². The molecular weight excluding hydrogens is 344 g/mol. The van der Waals surface area contributed by atoms with E-state index in [0.29, 0.717) is 40.4 Å². The average molecular weight is 360 g/mol. The van der Waals surface area contributed by atoms with Gasteiger partial charge in [0, 0.05) is 6.08 Å². The number of anilines is 1. The molecule has 0 saturated carbocycles. The van der Waals surface area contributed by atoms with Gasteiger partial charge in [-0.2, -0.15) is 0 Å². The number of hydrogen-bond donors (Lipinski definition) is 1. The first-order chi connectivity index (χ1) is 12.1. The summed E-state index contributed by atoms with van der Waals surface area (Å²) in [7, 11) is 1.30. The lowest BCUT2D eigenvalue weighted by atomic mass is 10.2. The van der Waals surface area contributed by atoms with Gasteiger partial charge in [0.15, 0.2) is 16.6 Å². The molecule has 25 heavy (non-hydrogen) atoms. The second-order valence-electron chi connectivity index (χ2n) is 5.15. The normalized spacial score (nSPS) is 12.9. The Hall–Kier alpha value is -2.87. The van der Waals surface area contributed by atoms with Crippen LogP contribution < -0.4 is 14.8 Å². The maximum absolute atomic E-state index is 12.0. The zero-order valence-electron chi connectivity index (χ0n) is 13.7. The molecule has 0 unspecified atom stereocenters. The van der Waals surface area contributed by atoms with Crippen LogP contribution in [0.5, 0.6) is 11.5 Å². The molecule has 1 aliphatic heterocycles. The Labute approximate surface area is 148 Å².